The van der Waals surface area contributed by atoms with Gasteiger partial charge in [-0.25, -0.2) is 4.79 Å². The van der Waals surface area contributed by atoms with Crippen LogP contribution in [0.5, 0.6) is 0 Å². The van der Waals surface area contributed by atoms with Crippen molar-refractivity contribution in [3.05, 3.63) is 29.8 Å². The molecule has 0 heterocycles. The number of carbonyl (C=O) groups excluding carboxylic acids is 2. The molecule has 1 aliphatic rings. The van der Waals surface area contributed by atoms with Crippen LogP contribution in [0, 0.1) is 0 Å². The molecule has 4 nitrogen and oxygen atoms in total. The smallest absolute Gasteiger partial charge is 0.321 e. The summed E-state index contributed by atoms with van der Waals surface area (Å²) in [7, 11) is 1.82. The van der Waals surface area contributed by atoms with E-state index in [0.29, 0.717) is 11.6 Å². The first-order valence-corrected chi connectivity index (χ1v) is 6.23. The Balaban J connectivity index is 1.96. The minimum absolute atomic E-state index is 0.0273. The average Bonchev–Trinajstić information content (AvgIpc) is 2.27. The topological polar surface area (TPSA) is 49.4 Å². The zero-order valence-electron chi connectivity index (χ0n) is 10.8. The van der Waals surface area contributed by atoms with Crippen LogP contribution < -0.4 is 5.32 Å². The van der Waals surface area contributed by atoms with E-state index in [9.17, 15) is 9.59 Å². The summed E-state index contributed by atoms with van der Waals surface area (Å²) < 4.78 is 0. The number of amides is 2. The van der Waals surface area contributed by atoms with Crippen molar-refractivity contribution in [2.75, 3.05) is 12.4 Å². The lowest BCUT2D eigenvalue weighted by Crippen LogP contribution is -2.43. The van der Waals surface area contributed by atoms with Crippen molar-refractivity contribution in [3.8, 4) is 0 Å². The molecular weight excluding hydrogens is 228 g/mol. The van der Waals surface area contributed by atoms with Crippen molar-refractivity contribution >= 4 is 17.5 Å². The van der Waals surface area contributed by atoms with Crippen LogP contribution in [-0.4, -0.2) is 29.8 Å². The number of nitrogens with one attached hydrogen (secondary N) is 1. The number of urea groups is 1. The second kappa shape index (κ2) is 5.21. The molecule has 0 saturated heterocycles. The van der Waals surface area contributed by atoms with Gasteiger partial charge in [-0.15, -0.1) is 0 Å². The Morgan fingerprint density at radius 3 is 2.28 bits per heavy atom. The highest BCUT2D eigenvalue weighted by molar-refractivity contribution is 5.95. The molecule has 0 atom stereocenters. The molecule has 1 aromatic rings. The fraction of sp³-hybridized carbons (Fsp3) is 0.429. The number of anilines is 1. The van der Waals surface area contributed by atoms with Crippen molar-refractivity contribution in [2.45, 2.75) is 32.2 Å². The minimum atomic E-state index is -0.0877. The summed E-state index contributed by atoms with van der Waals surface area (Å²) in [6.45, 7) is 1.53. The predicted octanol–water partition coefficient (Wildman–Crippen LogP) is 2.91. The summed E-state index contributed by atoms with van der Waals surface area (Å²) >= 11 is 0. The van der Waals surface area contributed by atoms with Crippen molar-refractivity contribution in [3.63, 3.8) is 0 Å². The molecule has 1 N–H and O–H groups in total. The van der Waals surface area contributed by atoms with E-state index in [1.807, 2.05) is 7.05 Å². The number of hydrogen-bond acceptors (Lipinski definition) is 2. The molecule has 1 aromatic carbocycles. The standard InChI is InChI=1S/C14H18N2O2/c1-10(17)11-6-8-12(9-7-11)15-14(18)16(2)13-4-3-5-13/h6-9,13H,3-5H2,1-2H3,(H,15,18). The Hall–Kier alpha value is -1.84. The third-order valence-electron chi connectivity index (χ3n) is 3.49. The fourth-order valence-electron chi connectivity index (χ4n) is 1.94. The predicted molar refractivity (Wildman–Crippen MR) is 70.9 cm³/mol. The van der Waals surface area contributed by atoms with Crippen LogP contribution >= 0.6 is 0 Å². The van der Waals surface area contributed by atoms with E-state index in [0.717, 1.165) is 18.5 Å². The van der Waals surface area contributed by atoms with Gasteiger partial charge in [0.05, 0.1) is 0 Å². The molecule has 0 radical (unpaired) electrons. The van der Waals surface area contributed by atoms with Crippen molar-refractivity contribution in [1.82, 2.24) is 4.90 Å². The number of hydrogen-bond donors (Lipinski definition) is 1. The summed E-state index contributed by atoms with van der Waals surface area (Å²) in [4.78, 5) is 24.8. The highest BCUT2D eigenvalue weighted by atomic mass is 16.2. The van der Waals surface area contributed by atoms with Crippen molar-refractivity contribution < 1.29 is 9.59 Å². The average molecular weight is 246 g/mol. The van der Waals surface area contributed by atoms with Gasteiger partial charge in [-0.05, 0) is 50.5 Å². The maximum absolute atomic E-state index is 11.9. The molecule has 96 valence electrons. The largest absolute Gasteiger partial charge is 0.325 e. The Morgan fingerprint density at radius 1 is 1.22 bits per heavy atom. The fourth-order valence-corrected chi connectivity index (χ4v) is 1.94. The van der Waals surface area contributed by atoms with Crippen LogP contribution in [0.15, 0.2) is 24.3 Å². The summed E-state index contributed by atoms with van der Waals surface area (Å²) in [5, 5.41) is 2.83. The monoisotopic (exact) mass is 246 g/mol. The van der Waals surface area contributed by atoms with Gasteiger partial charge in [0.15, 0.2) is 5.78 Å². The van der Waals surface area contributed by atoms with E-state index >= 15 is 0 Å². The maximum atomic E-state index is 11.9. The van der Waals surface area contributed by atoms with Crippen LogP contribution in [0.4, 0.5) is 10.5 Å². The van der Waals surface area contributed by atoms with Crippen LogP contribution in [-0.2, 0) is 0 Å². The molecule has 0 spiro atoms. The van der Waals surface area contributed by atoms with E-state index in [-0.39, 0.29) is 11.8 Å². The van der Waals surface area contributed by atoms with Gasteiger partial charge in [0.25, 0.3) is 0 Å². The second-order valence-corrected chi connectivity index (χ2v) is 4.76. The summed E-state index contributed by atoms with van der Waals surface area (Å²) in [5.74, 6) is 0.0273. The molecule has 0 bridgehead atoms. The maximum Gasteiger partial charge on any atom is 0.321 e. The highest BCUT2D eigenvalue weighted by Gasteiger charge is 2.25. The lowest BCUT2D eigenvalue weighted by atomic mass is 9.92. The Bertz CT molecular complexity index is 449. The van der Waals surface area contributed by atoms with Gasteiger partial charge in [-0.1, -0.05) is 0 Å². The van der Waals surface area contributed by atoms with Gasteiger partial charge < -0.3 is 10.2 Å². The summed E-state index contributed by atoms with van der Waals surface area (Å²) in [6, 6.07) is 7.24. The number of ketones is 1. The lowest BCUT2D eigenvalue weighted by molar-refractivity contribution is 0.101. The van der Waals surface area contributed by atoms with Crippen LogP contribution in [0.1, 0.15) is 36.5 Å². The van der Waals surface area contributed by atoms with Crippen LogP contribution in [0.25, 0.3) is 0 Å². The quantitative estimate of drug-likeness (QED) is 0.834. The van der Waals surface area contributed by atoms with Gasteiger partial charge in [0, 0.05) is 24.3 Å². The first-order valence-electron chi connectivity index (χ1n) is 6.23. The van der Waals surface area contributed by atoms with E-state index in [2.05, 4.69) is 5.32 Å². The van der Waals surface area contributed by atoms with Crippen molar-refractivity contribution in [2.24, 2.45) is 0 Å². The van der Waals surface area contributed by atoms with E-state index < -0.39 is 0 Å². The van der Waals surface area contributed by atoms with Gasteiger partial charge in [0.2, 0.25) is 0 Å². The van der Waals surface area contributed by atoms with Gasteiger partial charge in [-0.3, -0.25) is 4.79 Å². The van der Waals surface area contributed by atoms with Crippen molar-refractivity contribution in [1.29, 1.82) is 0 Å². The Labute approximate surface area is 107 Å². The second-order valence-electron chi connectivity index (χ2n) is 4.76. The van der Waals surface area contributed by atoms with Gasteiger partial charge >= 0.3 is 6.03 Å². The summed E-state index contributed by atoms with van der Waals surface area (Å²) in [5.41, 5.74) is 1.37. The SMILES string of the molecule is CC(=O)c1ccc(NC(=O)N(C)C2CCC2)cc1. The number of rotatable bonds is 3. The number of benzene rings is 1. The van der Waals surface area contributed by atoms with Crippen LogP contribution in [0.2, 0.25) is 0 Å². The molecule has 1 fully saturated rings. The molecular formula is C14H18N2O2. The highest BCUT2D eigenvalue weighted by Crippen LogP contribution is 2.24. The molecule has 0 unspecified atom stereocenters. The van der Waals surface area contributed by atoms with E-state index in [4.69, 9.17) is 0 Å². The molecule has 1 saturated carbocycles. The van der Waals surface area contributed by atoms with E-state index in [1.165, 1.54) is 13.3 Å². The molecule has 4 heteroatoms. The third-order valence-corrected chi connectivity index (χ3v) is 3.49. The van der Waals surface area contributed by atoms with Crippen LogP contribution in [0.3, 0.4) is 0 Å². The summed E-state index contributed by atoms with van der Waals surface area (Å²) in [6.07, 6.45) is 3.38. The zero-order chi connectivity index (χ0) is 13.1. The zero-order valence-corrected chi connectivity index (χ0v) is 10.8. The Kier molecular flexibility index (Phi) is 3.65. The number of Topliss-reactive ketones (excluding diaryl/α,β-unsaturated/α-hetero) is 1. The van der Waals surface area contributed by atoms with Gasteiger partial charge in [0.1, 0.15) is 0 Å². The lowest BCUT2D eigenvalue weighted by Gasteiger charge is -2.34. The molecule has 0 aromatic heterocycles. The van der Waals surface area contributed by atoms with E-state index in [1.54, 1.807) is 29.2 Å². The minimum Gasteiger partial charge on any atom is -0.325 e. The molecule has 18 heavy (non-hydrogen) atoms. The Morgan fingerprint density at radius 2 is 1.83 bits per heavy atom. The number of carbonyl (C=O) groups is 2. The van der Waals surface area contributed by atoms with Gasteiger partial charge in [-0.2, -0.15) is 0 Å². The third kappa shape index (κ3) is 2.70. The first kappa shape index (κ1) is 12.6. The normalized spacial score (nSPS) is 14.8. The first-order chi connectivity index (χ1) is 8.58. The molecule has 2 rings (SSSR count). The number of nitrogens with zero attached hydrogens (tertiary/aromatic N) is 1. The molecule has 2 amide bonds. The molecule has 1 aliphatic carbocycles. The molecule has 0 aliphatic heterocycles.